The Morgan fingerprint density at radius 3 is 3.33 bits per heavy atom. The first-order chi connectivity index (χ1) is 5.95. The number of rotatable bonds is 2. The molecule has 1 aliphatic heterocycles. The van der Waals surface area contributed by atoms with Crippen molar-refractivity contribution in [1.29, 1.82) is 0 Å². The van der Waals surface area contributed by atoms with Crippen LogP contribution in [0.4, 0.5) is 0 Å². The van der Waals surface area contributed by atoms with Gasteiger partial charge in [0.2, 0.25) is 0 Å². The molecule has 2 heterocycles. The summed E-state index contributed by atoms with van der Waals surface area (Å²) in [4.78, 5) is 0. The lowest BCUT2D eigenvalue weighted by molar-refractivity contribution is 0.418. The van der Waals surface area contributed by atoms with Crippen molar-refractivity contribution in [2.24, 2.45) is 0 Å². The predicted octanol–water partition coefficient (Wildman–Crippen LogP) is 1.44. The lowest BCUT2D eigenvalue weighted by Gasteiger charge is -2.00. The third-order valence-electron chi connectivity index (χ3n) is 2.06. The number of aromatic nitrogens is 1. The van der Waals surface area contributed by atoms with Crippen molar-refractivity contribution in [1.82, 2.24) is 10.5 Å². The Morgan fingerprint density at radius 1 is 1.67 bits per heavy atom. The SMILES string of the molecule is C(=C[C@@H]1CCCN1)c1ccon1. The molecule has 1 aromatic heterocycles. The standard InChI is InChI=1S/C9H12N2O/c1-2-8(10-6-1)3-4-9-5-7-12-11-9/h3-5,7-8,10H,1-2,6H2/t8-/m0/s1. The molecule has 1 aliphatic rings. The quantitative estimate of drug-likeness (QED) is 0.718. The van der Waals surface area contributed by atoms with Gasteiger partial charge in [-0.3, -0.25) is 0 Å². The van der Waals surface area contributed by atoms with Crippen LogP contribution in [0.2, 0.25) is 0 Å². The average molecular weight is 164 g/mol. The van der Waals surface area contributed by atoms with Crippen molar-refractivity contribution in [3.8, 4) is 0 Å². The molecule has 0 radical (unpaired) electrons. The summed E-state index contributed by atoms with van der Waals surface area (Å²) in [7, 11) is 0. The van der Waals surface area contributed by atoms with Crippen molar-refractivity contribution >= 4 is 6.08 Å². The summed E-state index contributed by atoms with van der Waals surface area (Å²) in [6.45, 7) is 1.13. The van der Waals surface area contributed by atoms with E-state index in [2.05, 4.69) is 16.5 Å². The maximum atomic E-state index is 4.71. The van der Waals surface area contributed by atoms with Crippen LogP contribution in [0.3, 0.4) is 0 Å². The second-order valence-electron chi connectivity index (χ2n) is 2.99. The Labute approximate surface area is 71.4 Å². The Bertz CT molecular complexity index is 248. The van der Waals surface area contributed by atoms with Crippen LogP contribution in [-0.4, -0.2) is 17.7 Å². The van der Waals surface area contributed by atoms with Crippen molar-refractivity contribution < 1.29 is 4.52 Å². The zero-order chi connectivity index (χ0) is 8.23. The largest absolute Gasteiger partial charge is 0.364 e. The molecule has 12 heavy (non-hydrogen) atoms. The van der Waals surface area contributed by atoms with Gasteiger partial charge < -0.3 is 9.84 Å². The van der Waals surface area contributed by atoms with E-state index in [1.165, 1.54) is 12.8 Å². The molecule has 0 spiro atoms. The zero-order valence-electron chi connectivity index (χ0n) is 6.86. The highest BCUT2D eigenvalue weighted by atomic mass is 16.5. The molecular formula is C9H12N2O. The van der Waals surface area contributed by atoms with Gasteiger partial charge in [-0.1, -0.05) is 11.2 Å². The van der Waals surface area contributed by atoms with Crippen LogP contribution in [0.5, 0.6) is 0 Å². The molecule has 1 fully saturated rings. The molecule has 2 rings (SSSR count). The Hall–Kier alpha value is -1.09. The fourth-order valence-electron chi connectivity index (χ4n) is 1.40. The Kier molecular flexibility index (Phi) is 2.23. The molecule has 0 aliphatic carbocycles. The summed E-state index contributed by atoms with van der Waals surface area (Å²) >= 11 is 0. The predicted molar refractivity (Wildman–Crippen MR) is 46.6 cm³/mol. The van der Waals surface area contributed by atoms with E-state index >= 15 is 0 Å². The summed E-state index contributed by atoms with van der Waals surface area (Å²) in [6, 6.07) is 2.38. The summed E-state index contributed by atoms with van der Waals surface area (Å²) < 4.78 is 4.71. The topological polar surface area (TPSA) is 38.1 Å². The minimum Gasteiger partial charge on any atom is -0.364 e. The van der Waals surface area contributed by atoms with Gasteiger partial charge in [-0.25, -0.2) is 0 Å². The molecule has 1 aromatic rings. The summed E-state index contributed by atoms with van der Waals surface area (Å²) in [5.41, 5.74) is 0.892. The van der Waals surface area contributed by atoms with Gasteiger partial charge in [-0.2, -0.15) is 0 Å². The molecule has 0 bridgehead atoms. The van der Waals surface area contributed by atoms with E-state index in [9.17, 15) is 0 Å². The lowest BCUT2D eigenvalue weighted by Crippen LogP contribution is -2.17. The number of nitrogens with zero attached hydrogens (tertiary/aromatic N) is 1. The third-order valence-corrected chi connectivity index (χ3v) is 2.06. The molecule has 3 nitrogen and oxygen atoms in total. The highest BCUT2D eigenvalue weighted by Crippen LogP contribution is 2.07. The molecule has 1 saturated heterocycles. The van der Waals surface area contributed by atoms with Crippen molar-refractivity contribution in [2.45, 2.75) is 18.9 Å². The zero-order valence-corrected chi connectivity index (χ0v) is 6.86. The van der Waals surface area contributed by atoms with Gasteiger partial charge in [0.15, 0.2) is 0 Å². The van der Waals surface area contributed by atoms with Gasteiger partial charge in [-0.05, 0) is 25.5 Å². The second-order valence-corrected chi connectivity index (χ2v) is 2.99. The van der Waals surface area contributed by atoms with E-state index < -0.39 is 0 Å². The number of nitrogens with one attached hydrogen (secondary N) is 1. The first-order valence-corrected chi connectivity index (χ1v) is 4.27. The molecule has 64 valence electrons. The summed E-state index contributed by atoms with van der Waals surface area (Å²) in [5, 5.41) is 7.16. The lowest BCUT2D eigenvalue weighted by atomic mass is 10.2. The van der Waals surface area contributed by atoms with Crippen LogP contribution >= 0.6 is 0 Å². The van der Waals surface area contributed by atoms with Gasteiger partial charge >= 0.3 is 0 Å². The Morgan fingerprint density at radius 2 is 2.67 bits per heavy atom. The van der Waals surface area contributed by atoms with Gasteiger partial charge in [0.05, 0.1) is 0 Å². The van der Waals surface area contributed by atoms with Gasteiger partial charge in [-0.15, -0.1) is 0 Å². The van der Waals surface area contributed by atoms with Crippen LogP contribution in [0.25, 0.3) is 6.08 Å². The second kappa shape index (κ2) is 3.54. The molecule has 3 heteroatoms. The van der Waals surface area contributed by atoms with Gasteiger partial charge in [0.25, 0.3) is 0 Å². The fourth-order valence-corrected chi connectivity index (χ4v) is 1.40. The number of hydrogen-bond donors (Lipinski definition) is 1. The van der Waals surface area contributed by atoms with Crippen molar-refractivity contribution in [3.63, 3.8) is 0 Å². The van der Waals surface area contributed by atoms with Gasteiger partial charge in [0.1, 0.15) is 12.0 Å². The molecular weight excluding hydrogens is 152 g/mol. The van der Waals surface area contributed by atoms with Crippen LogP contribution < -0.4 is 5.32 Å². The Balaban J connectivity index is 1.93. The van der Waals surface area contributed by atoms with Crippen molar-refractivity contribution in [3.05, 3.63) is 24.1 Å². The monoisotopic (exact) mass is 164 g/mol. The van der Waals surface area contributed by atoms with E-state index in [1.54, 1.807) is 6.26 Å². The molecule has 1 atom stereocenters. The summed E-state index contributed by atoms with van der Waals surface area (Å²) in [6.07, 6.45) is 8.22. The third kappa shape index (κ3) is 1.74. The van der Waals surface area contributed by atoms with Crippen LogP contribution in [0.1, 0.15) is 18.5 Å². The fraction of sp³-hybridized carbons (Fsp3) is 0.444. The van der Waals surface area contributed by atoms with E-state index in [1.807, 2.05) is 12.1 Å². The smallest absolute Gasteiger partial charge is 0.124 e. The molecule has 0 aromatic carbocycles. The normalized spacial score (nSPS) is 23.8. The summed E-state index contributed by atoms with van der Waals surface area (Å²) in [5.74, 6) is 0. The average Bonchev–Trinajstić information content (AvgIpc) is 2.74. The van der Waals surface area contributed by atoms with Crippen LogP contribution in [0, 0.1) is 0 Å². The van der Waals surface area contributed by atoms with Crippen LogP contribution in [0.15, 0.2) is 22.9 Å². The maximum absolute atomic E-state index is 4.71. The highest BCUT2D eigenvalue weighted by molar-refractivity contribution is 5.43. The molecule has 1 N–H and O–H groups in total. The van der Waals surface area contributed by atoms with E-state index in [4.69, 9.17) is 4.52 Å². The molecule has 0 unspecified atom stereocenters. The minimum atomic E-state index is 0.529. The molecule has 0 amide bonds. The molecule has 0 saturated carbocycles. The highest BCUT2D eigenvalue weighted by Gasteiger charge is 2.09. The van der Waals surface area contributed by atoms with Crippen LogP contribution in [-0.2, 0) is 0 Å². The maximum Gasteiger partial charge on any atom is 0.124 e. The minimum absolute atomic E-state index is 0.529. The first kappa shape index (κ1) is 7.55. The van der Waals surface area contributed by atoms with Crippen molar-refractivity contribution in [2.75, 3.05) is 6.54 Å². The first-order valence-electron chi connectivity index (χ1n) is 4.27. The van der Waals surface area contributed by atoms with E-state index in [0.717, 1.165) is 12.2 Å². The van der Waals surface area contributed by atoms with E-state index in [0.29, 0.717) is 6.04 Å². The van der Waals surface area contributed by atoms with Gasteiger partial charge in [0, 0.05) is 12.1 Å². The van der Waals surface area contributed by atoms with E-state index in [-0.39, 0.29) is 0 Å². The number of hydrogen-bond acceptors (Lipinski definition) is 3.